The topological polar surface area (TPSA) is 76.1 Å². The molecule has 0 bridgehead atoms. The Bertz CT molecular complexity index is 557. The van der Waals surface area contributed by atoms with Gasteiger partial charge in [0.05, 0.1) is 20.1 Å². The van der Waals surface area contributed by atoms with Crippen molar-refractivity contribution < 1.29 is 24.2 Å². The van der Waals surface area contributed by atoms with E-state index in [-0.39, 0.29) is 18.4 Å². The van der Waals surface area contributed by atoms with E-state index in [1.54, 1.807) is 23.1 Å². The van der Waals surface area contributed by atoms with Gasteiger partial charge in [-0.1, -0.05) is 6.92 Å². The first-order chi connectivity index (χ1) is 9.97. The maximum absolute atomic E-state index is 12.5. The highest BCUT2D eigenvalue weighted by Crippen LogP contribution is 2.30. The molecule has 6 nitrogen and oxygen atoms in total. The van der Waals surface area contributed by atoms with Crippen LogP contribution >= 0.6 is 0 Å². The minimum Gasteiger partial charge on any atom is -0.493 e. The highest BCUT2D eigenvalue weighted by molar-refractivity contribution is 5.95. The number of likely N-dealkylation sites (tertiary alicyclic amines) is 1. The fraction of sp³-hybridized carbons (Fsp3) is 0.467. The average Bonchev–Trinajstić information content (AvgIpc) is 2.87. The number of amides is 1. The monoisotopic (exact) mass is 293 g/mol. The summed E-state index contributed by atoms with van der Waals surface area (Å²) in [6.45, 7) is 2.54. The Kier molecular flexibility index (Phi) is 4.35. The Balaban J connectivity index is 2.19. The minimum absolute atomic E-state index is 0.0495. The molecule has 0 aliphatic carbocycles. The summed E-state index contributed by atoms with van der Waals surface area (Å²) in [6.07, 6.45) is 0. The summed E-state index contributed by atoms with van der Waals surface area (Å²) in [7, 11) is 3.03. The Morgan fingerprint density at radius 1 is 1.19 bits per heavy atom. The molecule has 0 spiro atoms. The number of hydrogen-bond donors (Lipinski definition) is 1. The van der Waals surface area contributed by atoms with E-state index in [9.17, 15) is 9.59 Å². The maximum atomic E-state index is 12.5. The number of rotatable bonds is 4. The van der Waals surface area contributed by atoms with Crippen LogP contribution in [0, 0.1) is 11.8 Å². The van der Waals surface area contributed by atoms with E-state index in [0.717, 1.165) is 0 Å². The second-order valence-electron chi connectivity index (χ2n) is 5.20. The smallest absolute Gasteiger partial charge is 0.308 e. The lowest BCUT2D eigenvalue weighted by Crippen LogP contribution is -2.29. The predicted octanol–water partition coefficient (Wildman–Crippen LogP) is 1.50. The van der Waals surface area contributed by atoms with Crippen molar-refractivity contribution in [2.45, 2.75) is 6.92 Å². The third-order valence-corrected chi connectivity index (χ3v) is 3.85. The van der Waals surface area contributed by atoms with Gasteiger partial charge in [-0.25, -0.2) is 0 Å². The molecule has 1 heterocycles. The van der Waals surface area contributed by atoms with Crippen LogP contribution in [0.4, 0.5) is 0 Å². The first kappa shape index (κ1) is 15.2. The first-order valence-electron chi connectivity index (χ1n) is 6.72. The summed E-state index contributed by atoms with van der Waals surface area (Å²) in [5.41, 5.74) is 0.464. The maximum Gasteiger partial charge on any atom is 0.308 e. The van der Waals surface area contributed by atoms with E-state index in [4.69, 9.17) is 14.6 Å². The minimum atomic E-state index is -0.856. The van der Waals surface area contributed by atoms with Crippen molar-refractivity contribution in [2.75, 3.05) is 27.3 Å². The number of aliphatic carboxylic acids is 1. The SMILES string of the molecule is COc1ccc(C(=O)N2CC(C)C(C(=O)O)C2)cc1OC. The molecular weight excluding hydrogens is 274 g/mol. The molecule has 0 radical (unpaired) electrons. The van der Waals surface area contributed by atoms with Crippen LogP contribution in [0.5, 0.6) is 11.5 Å². The normalized spacial score (nSPS) is 21.2. The lowest BCUT2D eigenvalue weighted by Gasteiger charge is -2.17. The van der Waals surface area contributed by atoms with Crippen molar-refractivity contribution in [1.29, 1.82) is 0 Å². The lowest BCUT2D eigenvalue weighted by atomic mass is 9.99. The summed E-state index contributed by atoms with van der Waals surface area (Å²) < 4.78 is 10.3. The molecule has 1 N–H and O–H groups in total. The average molecular weight is 293 g/mol. The number of ether oxygens (including phenoxy) is 2. The van der Waals surface area contributed by atoms with Gasteiger partial charge in [-0.2, -0.15) is 0 Å². The van der Waals surface area contributed by atoms with Crippen LogP contribution < -0.4 is 9.47 Å². The number of nitrogens with zero attached hydrogens (tertiary/aromatic N) is 1. The summed E-state index contributed by atoms with van der Waals surface area (Å²) in [6, 6.07) is 4.93. The highest BCUT2D eigenvalue weighted by atomic mass is 16.5. The fourth-order valence-corrected chi connectivity index (χ4v) is 2.61. The van der Waals surface area contributed by atoms with Gasteiger partial charge in [0.2, 0.25) is 0 Å². The van der Waals surface area contributed by atoms with Crippen LogP contribution in [0.15, 0.2) is 18.2 Å². The van der Waals surface area contributed by atoms with Gasteiger partial charge in [0.1, 0.15) is 0 Å². The number of benzene rings is 1. The Hall–Kier alpha value is -2.24. The first-order valence-corrected chi connectivity index (χ1v) is 6.72. The van der Waals surface area contributed by atoms with Crippen LogP contribution in [-0.4, -0.2) is 49.2 Å². The zero-order valence-corrected chi connectivity index (χ0v) is 12.3. The van der Waals surface area contributed by atoms with E-state index in [2.05, 4.69) is 0 Å². The van der Waals surface area contributed by atoms with Crippen LogP contribution in [0.1, 0.15) is 17.3 Å². The molecule has 1 aromatic rings. The molecule has 1 aliphatic heterocycles. The second kappa shape index (κ2) is 6.03. The van der Waals surface area contributed by atoms with Crippen molar-refractivity contribution in [3.8, 4) is 11.5 Å². The van der Waals surface area contributed by atoms with Crippen LogP contribution in [-0.2, 0) is 4.79 Å². The zero-order chi connectivity index (χ0) is 15.6. The Labute approximate surface area is 123 Å². The fourth-order valence-electron chi connectivity index (χ4n) is 2.61. The molecule has 1 aliphatic rings. The number of carboxylic acids is 1. The van der Waals surface area contributed by atoms with Crippen LogP contribution in [0.2, 0.25) is 0 Å². The summed E-state index contributed by atoms with van der Waals surface area (Å²) in [5.74, 6) is -0.574. The van der Waals surface area contributed by atoms with Gasteiger partial charge in [-0.15, -0.1) is 0 Å². The van der Waals surface area contributed by atoms with Gasteiger partial charge in [-0.3, -0.25) is 9.59 Å². The van der Waals surface area contributed by atoms with Gasteiger partial charge in [-0.05, 0) is 24.1 Å². The van der Waals surface area contributed by atoms with E-state index in [1.165, 1.54) is 14.2 Å². The van der Waals surface area contributed by atoms with Crippen molar-refractivity contribution in [3.63, 3.8) is 0 Å². The molecule has 6 heteroatoms. The van der Waals surface area contributed by atoms with Gasteiger partial charge >= 0.3 is 5.97 Å². The molecule has 1 fully saturated rings. The highest BCUT2D eigenvalue weighted by Gasteiger charge is 2.37. The molecule has 1 amide bonds. The number of carbonyl (C=O) groups excluding carboxylic acids is 1. The molecule has 0 saturated carbocycles. The van der Waals surface area contributed by atoms with E-state index >= 15 is 0 Å². The van der Waals surface area contributed by atoms with E-state index in [0.29, 0.717) is 23.6 Å². The molecule has 0 aromatic heterocycles. The van der Waals surface area contributed by atoms with E-state index in [1.807, 2.05) is 6.92 Å². The van der Waals surface area contributed by atoms with Crippen LogP contribution in [0.25, 0.3) is 0 Å². The van der Waals surface area contributed by atoms with Crippen LogP contribution in [0.3, 0.4) is 0 Å². The molecule has 1 aromatic carbocycles. The van der Waals surface area contributed by atoms with Gasteiger partial charge in [0.25, 0.3) is 5.91 Å². The molecule has 2 unspecified atom stereocenters. The molecule has 2 rings (SSSR count). The van der Waals surface area contributed by atoms with Gasteiger partial charge in [0, 0.05) is 18.7 Å². The van der Waals surface area contributed by atoms with Crippen molar-refractivity contribution >= 4 is 11.9 Å². The number of carbonyl (C=O) groups is 2. The van der Waals surface area contributed by atoms with Crippen molar-refractivity contribution in [1.82, 2.24) is 4.90 Å². The third kappa shape index (κ3) is 2.94. The number of carboxylic acid groups (broad SMARTS) is 1. The standard InChI is InChI=1S/C15H19NO5/c1-9-7-16(8-11(9)15(18)19)14(17)10-4-5-12(20-2)13(6-10)21-3/h4-6,9,11H,7-8H2,1-3H3,(H,18,19). The van der Waals surface area contributed by atoms with Crippen molar-refractivity contribution in [2.24, 2.45) is 11.8 Å². The summed E-state index contributed by atoms with van der Waals surface area (Å²) >= 11 is 0. The molecule has 2 atom stereocenters. The second-order valence-corrected chi connectivity index (χ2v) is 5.20. The van der Waals surface area contributed by atoms with E-state index < -0.39 is 11.9 Å². The number of hydrogen-bond acceptors (Lipinski definition) is 4. The zero-order valence-electron chi connectivity index (χ0n) is 12.3. The van der Waals surface area contributed by atoms with Gasteiger partial charge < -0.3 is 19.5 Å². The molecule has 1 saturated heterocycles. The third-order valence-electron chi connectivity index (χ3n) is 3.85. The summed E-state index contributed by atoms with van der Waals surface area (Å²) in [5, 5.41) is 9.13. The largest absolute Gasteiger partial charge is 0.493 e. The van der Waals surface area contributed by atoms with Crippen molar-refractivity contribution in [3.05, 3.63) is 23.8 Å². The Morgan fingerprint density at radius 2 is 1.86 bits per heavy atom. The summed E-state index contributed by atoms with van der Waals surface area (Å²) in [4.78, 5) is 25.2. The predicted molar refractivity (Wildman–Crippen MR) is 75.7 cm³/mol. The van der Waals surface area contributed by atoms with Gasteiger partial charge in [0.15, 0.2) is 11.5 Å². The Morgan fingerprint density at radius 3 is 2.38 bits per heavy atom. The number of methoxy groups -OCH3 is 2. The molecule has 114 valence electrons. The molecular formula is C15H19NO5. The quantitative estimate of drug-likeness (QED) is 0.910. The molecule has 21 heavy (non-hydrogen) atoms. The lowest BCUT2D eigenvalue weighted by molar-refractivity contribution is -0.142.